The monoisotopic (exact) mass is 406 g/mol. The maximum Gasteiger partial charge on any atom is 0.173 e. The number of benzene rings is 1. The number of imidazole rings is 1. The van der Waals surface area contributed by atoms with Gasteiger partial charge in [-0.15, -0.1) is 0 Å². The molecule has 0 bridgehead atoms. The quantitative estimate of drug-likeness (QED) is 0.545. The van der Waals surface area contributed by atoms with Crippen molar-refractivity contribution >= 4 is 22.2 Å². The number of aromatic nitrogens is 4. The first kappa shape index (κ1) is 18.9. The lowest BCUT2D eigenvalue weighted by Gasteiger charge is -2.37. The number of pyridine rings is 1. The van der Waals surface area contributed by atoms with Crippen LogP contribution in [0.1, 0.15) is 19.5 Å². The van der Waals surface area contributed by atoms with Gasteiger partial charge in [-0.25, -0.2) is 19.3 Å². The summed E-state index contributed by atoms with van der Waals surface area (Å²) < 4.78 is 16.0. The van der Waals surface area contributed by atoms with Crippen molar-refractivity contribution in [2.24, 2.45) is 0 Å². The van der Waals surface area contributed by atoms with Crippen LogP contribution in [-0.4, -0.2) is 49.6 Å². The first-order valence-electron chi connectivity index (χ1n) is 10.1. The van der Waals surface area contributed by atoms with Crippen LogP contribution in [0.25, 0.3) is 27.9 Å². The molecule has 154 valence electrons. The van der Waals surface area contributed by atoms with Crippen LogP contribution in [0.15, 0.2) is 42.9 Å². The molecule has 3 aromatic heterocycles. The van der Waals surface area contributed by atoms with E-state index in [9.17, 15) is 9.50 Å². The predicted molar refractivity (Wildman–Crippen MR) is 114 cm³/mol. The molecular formula is C22H23FN6O. The zero-order chi connectivity index (χ0) is 20.8. The van der Waals surface area contributed by atoms with Crippen molar-refractivity contribution in [1.29, 1.82) is 0 Å². The van der Waals surface area contributed by atoms with Crippen molar-refractivity contribution in [3.05, 3.63) is 54.4 Å². The molecule has 2 atom stereocenters. The van der Waals surface area contributed by atoms with Gasteiger partial charge in [0.25, 0.3) is 0 Å². The van der Waals surface area contributed by atoms with E-state index in [0.29, 0.717) is 29.2 Å². The minimum atomic E-state index is -0.479. The van der Waals surface area contributed by atoms with Crippen LogP contribution in [0.2, 0.25) is 0 Å². The third-order valence-corrected chi connectivity index (χ3v) is 5.46. The number of fused-ring (bicyclic) bond motifs is 2. The van der Waals surface area contributed by atoms with E-state index in [1.807, 2.05) is 6.07 Å². The second-order valence-electron chi connectivity index (χ2n) is 8.01. The summed E-state index contributed by atoms with van der Waals surface area (Å²) in [6, 6.07) is 8.42. The Kier molecular flexibility index (Phi) is 4.60. The number of hydrogen-bond acceptors (Lipinski definition) is 6. The van der Waals surface area contributed by atoms with Crippen molar-refractivity contribution in [2.45, 2.75) is 32.5 Å². The van der Waals surface area contributed by atoms with E-state index in [-0.39, 0.29) is 12.3 Å². The number of nitrogens with zero attached hydrogens (tertiary/aromatic N) is 5. The van der Waals surface area contributed by atoms with Crippen LogP contribution < -0.4 is 10.2 Å². The summed E-state index contributed by atoms with van der Waals surface area (Å²) in [5, 5.41) is 13.7. The normalized spacial score (nSPS) is 19.7. The van der Waals surface area contributed by atoms with Gasteiger partial charge in [0.2, 0.25) is 0 Å². The summed E-state index contributed by atoms with van der Waals surface area (Å²) in [5.74, 6) is -0.0343. The Bertz CT molecular complexity index is 1230. The van der Waals surface area contributed by atoms with E-state index in [0.717, 1.165) is 29.7 Å². The summed E-state index contributed by atoms with van der Waals surface area (Å²) in [6.45, 7) is 6.05. The molecule has 1 saturated heterocycles. The molecule has 4 aromatic rings. The largest absolute Gasteiger partial charge is 0.390 e. The second kappa shape index (κ2) is 7.30. The fraction of sp³-hybridized carbons (Fsp3) is 0.318. The van der Waals surface area contributed by atoms with Gasteiger partial charge >= 0.3 is 0 Å². The van der Waals surface area contributed by atoms with Gasteiger partial charge in [-0.2, -0.15) is 0 Å². The highest BCUT2D eigenvalue weighted by Crippen LogP contribution is 2.25. The molecule has 1 aliphatic heterocycles. The number of nitrogens with one attached hydrogen (secondary N) is 1. The second-order valence-corrected chi connectivity index (χ2v) is 8.01. The summed E-state index contributed by atoms with van der Waals surface area (Å²) in [5.41, 5.74) is 3.10. The molecule has 0 aliphatic carbocycles. The maximum atomic E-state index is 14.5. The molecule has 0 amide bonds. The Morgan fingerprint density at radius 3 is 2.70 bits per heavy atom. The SMILES string of the molecule is C[C@@H]1CN(c2ccc3nc(-c4cc(F)c5nc(CO)cn5c4)ncc3c2)C[C@@H](C)N1. The lowest BCUT2D eigenvalue weighted by Crippen LogP contribution is -2.54. The van der Waals surface area contributed by atoms with Gasteiger partial charge in [-0.05, 0) is 38.1 Å². The first-order chi connectivity index (χ1) is 14.5. The number of aliphatic hydroxyl groups is 1. The van der Waals surface area contributed by atoms with Crippen LogP contribution in [0.5, 0.6) is 0 Å². The lowest BCUT2D eigenvalue weighted by molar-refractivity contribution is 0.277. The molecule has 2 N–H and O–H groups in total. The van der Waals surface area contributed by atoms with Crippen molar-refractivity contribution in [2.75, 3.05) is 18.0 Å². The van der Waals surface area contributed by atoms with Crippen LogP contribution in [0.4, 0.5) is 10.1 Å². The number of piperazine rings is 1. The minimum absolute atomic E-state index is 0.174. The number of anilines is 1. The maximum absolute atomic E-state index is 14.5. The highest BCUT2D eigenvalue weighted by molar-refractivity contribution is 5.83. The lowest BCUT2D eigenvalue weighted by atomic mass is 10.1. The third kappa shape index (κ3) is 3.38. The Morgan fingerprint density at radius 2 is 1.93 bits per heavy atom. The van der Waals surface area contributed by atoms with Crippen molar-refractivity contribution in [3.8, 4) is 11.4 Å². The zero-order valence-electron chi connectivity index (χ0n) is 16.9. The summed E-state index contributed by atoms with van der Waals surface area (Å²) in [6.07, 6.45) is 5.11. The Balaban J connectivity index is 1.50. The molecule has 8 heteroatoms. The van der Waals surface area contributed by atoms with Crippen molar-refractivity contribution in [3.63, 3.8) is 0 Å². The van der Waals surface area contributed by atoms with E-state index in [4.69, 9.17) is 0 Å². The molecule has 1 aliphatic rings. The predicted octanol–water partition coefficient (Wildman–Crippen LogP) is 2.76. The average Bonchev–Trinajstić information content (AvgIpc) is 3.16. The van der Waals surface area contributed by atoms with E-state index < -0.39 is 5.82 Å². The third-order valence-electron chi connectivity index (χ3n) is 5.46. The van der Waals surface area contributed by atoms with E-state index >= 15 is 0 Å². The Morgan fingerprint density at radius 1 is 1.13 bits per heavy atom. The zero-order valence-corrected chi connectivity index (χ0v) is 16.9. The van der Waals surface area contributed by atoms with Gasteiger partial charge in [-0.1, -0.05) is 0 Å². The van der Waals surface area contributed by atoms with Crippen LogP contribution >= 0.6 is 0 Å². The molecule has 0 radical (unpaired) electrons. The molecule has 0 spiro atoms. The van der Waals surface area contributed by atoms with E-state index in [1.165, 1.54) is 6.07 Å². The topological polar surface area (TPSA) is 78.6 Å². The number of halogens is 1. The van der Waals surface area contributed by atoms with Crippen molar-refractivity contribution < 1.29 is 9.50 Å². The molecule has 1 aromatic carbocycles. The van der Waals surface area contributed by atoms with Crippen molar-refractivity contribution in [1.82, 2.24) is 24.7 Å². The highest BCUT2D eigenvalue weighted by Gasteiger charge is 2.21. The molecule has 1 fully saturated rings. The molecule has 0 unspecified atom stereocenters. The van der Waals surface area contributed by atoms with Gasteiger partial charge in [0, 0.05) is 60.4 Å². The van der Waals surface area contributed by atoms with Gasteiger partial charge < -0.3 is 19.7 Å². The van der Waals surface area contributed by atoms with Gasteiger partial charge in [0.1, 0.15) is 0 Å². The van der Waals surface area contributed by atoms with Crippen LogP contribution in [0, 0.1) is 5.82 Å². The van der Waals surface area contributed by atoms with Gasteiger partial charge in [0.05, 0.1) is 17.8 Å². The fourth-order valence-electron chi connectivity index (χ4n) is 4.20. The number of hydrogen-bond donors (Lipinski definition) is 2. The molecular weight excluding hydrogens is 383 g/mol. The summed E-state index contributed by atoms with van der Waals surface area (Å²) in [7, 11) is 0. The van der Waals surface area contributed by atoms with Gasteiger partial charge in [-0.3, -0.25) is 0 Å². The highest BCUT2D eigenvalue weighted by atomic mass is 19.1. The van der Waals surface area contributed by atoms with E-state index in [1.54, 1.807) is 23.0 Å². The summed E-state index contributed by atoms with van der Waals surface area (Å²) in [4.78, 5) is 15.6. The Labute approximate surface area is 173 Å². The molecule has 4 heterocycles. The van der Waals surface area contributed by atoms with Gasteiger partial charge in [0.15, 0.2) is 17.3 Å². The standard InChI is InChI=1S/C22H23FN6O/c1-13-8-28(9-14(2)25-13)18-3-4-20-15(5-18)7-24-21(27-20)16-6-19(23)22-26-17(12-30)11-29(22)10-16/h3-7,10-11,13-14,25,30H,8-9,12H2,1-2H3/t13-,14-/m1/s1. The smallest absolute Gasteiger partial charge is 0.173 e. The molecule has 5 rings (SSSR count). The first-order valence-corrected chi connectivity index (χ1v) is 10.1. The average molecular weight is 406 g/mol. The summed E-state index contributed by atoms with van der Waals surface area (Å²) >= 11 is 0. The molecule has 30 heavy (non-hydrogen) atoms. The van der Waals surface area contributed by atoms with E-state index in [2.05, 4.69) is 51.1 Å². The number of rotatable bonds is 3. The Hall–Kier alpha value is -3.10. The fourth-order valence-corrected chi connectivity index (χ4v) is 4.20. The van der Waals surface area contributed by atoms with Crippen LogP contribution in [0.3, 0.4) is 0 Å². The number of aliphatic hydroxyl groups excluding tert-OH is 1. The molecule has 7 nitrogen and oxygen atoms in total. The van der Waals surface area contributed by atoms with Crippen LogP contribution in [-0.2, 0) is 6.61 Å². The minimum Gasteiger partial charge on any atom is -0.390 e. The molecule has 0 saturated carbocycles.